The molecule has 0 bridgehead atoms. The van der Waals surface area contributed by atoms with E-state index in [0.29, 0.717) is 22.4 Å². The molecule has 0 spiro atoms. The molecule has 0 aliphatic rings. The molecule has 2 heterocycles. The van der Waals surface area contributed by atoms with E-state index in [-0.39, 0.29) is 11.7 Å². The third-order valence-electron chi connectivity index (χ3n) is 4.96. The highest BCUT2D eigenvalue weighted by atomic mass is 32.2. The molecule has 4 aromatic rings. The Morgan fingerprint density at radius 2 is 1.88 bits per heavy atom. The van der Waals surface area contributed by atoms with Crippen LogP contribution in [0.25, 0.3) is 22.6 Å². The first kappa shape index (κ1) is 22.4. The summed E-state index contributed by atoms with van der Waals surface area (Å²) in [5.74, 6) is 2.04. The number of methoxy groups -OCH3 is 2. The Morgan fingerprint density at radius 1 is 1.06 bits per heavy atom. The number of anilines is 1. The van der Waals surface area contributed by atoms with Crippen LogP contribution in [0.2, 0.25) is 0 Å². The fourth-order valence-electron chi connectivity index (χ4n) is 3.38. The molecule has 4 rings (SSSR count). The van der Waals surface area contributed by atoms with Gasteiger partial charge in [0, 0.05) is 25.9 Å². The van der Waals surface area contributed by atoms with E-state index in [1.807, 2.05) is 61.3 Å². The summed E-state index contributed by atoms with van der Waals surface area (Å²) in [5.41, 5.74) is 3.16. The van der Waals surface area contributed by atoms with E-state index < -0.39 is 0 Å². The Morgan fingerprint density at radius 3 is 2.67 bits per heavy atom. The monoisotopic (exact) mass is 464 g/mol. The summed E-state index contributed by atoms with van der Waals surface area (Å²) in [5, 5.41) is 16.8. The molecule has 2 aromatic heterocycles. The van der Waals surface area contributed by atoms with E-state index >= 15 is 0 Å². The number of benzene rings is 2. The van der Waals surface area contributed by atoms with Gasteiger partial charge in [-0.1, -0.05) is 36.0 Å². The number of ether oxygens (including phenoxy) is 2. The van der Waals surface area contributed by atoms with Crippen molar-refractivity contribution >= 4 is 23.4 Å². The standard InChI is InChI=1S/C23H24N6O3S/c1-28-13-17(21(27-28)15-8-7-9-16(12-15)31-3)22-25-26-23(29(22)2)33-14-20(30)24-18-10-5-6-11-19(18)32-4/h5-13H,14H2,1-4H3,(H,24,30). The fraction of sp³-hybridized carbons (Fsp3) is 0.217. The molecule has 0 radical (unpaired) electrons. The van der Waals surface area contributed by atoms with Crippen LogP contribution < -0.4 is 14.8 Å². The summed E-state index contributed by atoms with van der Waals surface area (Å²) in [4.78, 5) is 12.5. The zero-order chi connectivity index (χ0) is 23.4. The summed E-state index contributed by atoms with van der Waals surface area (Å²) < 4.78 is 14.2. The second-order valence-corrected chi connectivity index (χ2v) is 8.14. The van der Waals surface area contributed by atoms with Crippen LogP contribution >= 0.6 is 11.8 Å². The number of nitrogens with one attached hydrogen (secondary N) is 1. The van der Waals surface area contributed by atoms with Gasteiger partial charge in [0.2, 0.25) is 5.91 Å². The van der Waals surface area contributed by atoms with Gasteiger partial charge in [-0.15, -0.1) is 10.2 Å². The van der Waals surface area contributed by atoms with Crippen LogP contribution in [0.1, 0.15) is 0 Å². The van der Waals surface area contributed by atoms with Crippen molar-refractivity contribution in [3.05, 3.63) is 54.7 Å². The van der Waals surface area contributed by atoms with Gasteiger partial charge in [0.15, 0.2) is 11.0 Å². The van der Waals surface area contributed by atoms with Gasteiger partial charge >= 0.3 is 0 Å². The highest BCUT2D eigenvalue weighted by Gasteiger charge is 2.20. The molecular weight excluding hydrogens is 440 g/mol. The van der Waals surface area contributed by atoms with Crippen molar-refractivity contribution in [2.75, 3.05) is 25.3 Å². The fourth-order valence-corrected chi connectivity index (χ4v) is 4.09. The van der Waals surface area contributed by atoms with Crippen LogP contribution in [-0.4, -0.2) is 50.4 Å². The van der Waals surface area contributed by atoms with Gasteiger partial charge in [0.05, 0.1) is 31.2 Å². The second kappa shape index (κ2) is 9.78. The van der Waals surface area contributed by atoms with Crippen molar-refractivity contribution in [1.29, 1.82) is 0 Å². The number of hydrogen-bond acceptors (Lipinski definition) is 7. The number of thioether (sulfide) groups is 1. The van der Waals surface area contributed by atoms with Crippen molar-refractivity contribution in [3.63, 3.8) is 0 Å². The first-order valence-corrected chi connectivity index (χ1v) is 11.1. The Hall–Kier alpha value is -3.79. The molecule has 9 nitrogen and oxygen atoms in total. The topological polar surface area (TPSA) is 96.1 Å². The molecule has 170 valence electrons. The molecule has 33 heavy (non-hydrogen) atoms. The number of hydrogen-bond donors (Lipinski definition) is 1. The van der Waals surface area contributed by atoms with Crippen molar-refractivity contribution in [2.45, 2.75) is 5.16 Å². The Kier molecular flexibility index (Phi) is 6.64. The summed E-state index contributed by atoms with van der Waals surface area (Å²) in [6.45, 7) is 0. The smallest absolute Gasteiger partial charge is 0.234 e. The lowest BCUT2D eigenvalue weighted by atomic mass is 10.1. The molecule has 0 aliphatic heterocycles. The lowest BCUT2D eigenvalue weighted by Gasteiger charge is -2.09. The molecule has 1 N–H and O–H groups in total. The maximum Gasteiger partial charge on any atom is 0.234 e. The Bertz CT molecular complexity index is 1280. The SMILES string of the molecule is COc1cccc(-c2nn(C)cc2-c2nnc(SCC(=O)Nc3ccccc3OC)n2C)c1. The summed E-state index contributed by atoms with van der Waals surface area (Å²) in [6, 6.07) is 15.0. The van der Waals surface area contributed by atoms with E-state index in [1.165, 1.54) is 11.8 Å². The van der Waals surface area contributed by atoms with E-state index in [2.05, 4.69) is 20.6 Å². The van der Waals surface area contributed by atoms with Gasteiger partial charge in [0.1, 0.15) is 17.2 Å². The maximum absolute atomic E-state index is 12.5. The van der Waals surface area contributed by atoms with Gasteiger partial charge < -0.3 is 19.4 Å². The summed E-state index contributed by atoms with van der Waals surface area (Å²) in [6.07, 6.45) is 1.90. The molecule has 10 heteroatoms. The minimum absolute atomic E-state index is 0.160. The highest BCUT2D eigenvalue weighted by molar-refractivity contribution is 7.99. The average molecular weight is 465 g/mol. The summed E-state index contributed by atoms with van der Waals surface area (Å²) >= 11 is 1.31. The predicted molar refractivity (Wildman–Crippen MR) is 128 cm³/mol. The molecule has 1 amide bonds. The number of nitrogens with zero attached hydrogens (tertiary/aromatic N) is 5. The quantitative estimate of drug-likeness (QED) is 0.398. The molecule has 0 unspecified atom stereocenters. The normalized spacial score (nSPS) is 10.8. The minimum Gasteiger partial charge on any atom is -0.497 e. The largest absolute Gasteiger partial charge is 0.497 e. The van der Waals surface area contributed by atoms with Crippen LogP contribution in [0.15, 0.2) is 59.9 Å². The van der Waals surface area contributed by atoms with Crippen LogP contribution in [0.3, 0.4) is 0 Å². The first-order chi connectivity index (χ1) is 16.0. The minimum atomic E-state index is -0.160. The van der Waals surface area contributed by atoms with Crippen molar-refractivity contribution in [3.8, 4) is 34.1 Å². The second-order valence-electron chi connectivity index (χ2n) is 7.20. The number of para-hydroxylation sites is 2. The molecule has 0 fully saturated rings. The lowest BCUT2D eigenvalue weighted by Crippen LogP contribution is -2.15. The highest BCUT2D eigenvalue weighted by Crippen LogP contribution is 2.33. The van der Waals surface area contributed by atoms with Crippen LogP contribution in [0.4, 0.5) is 5.69 Å². The van der Waals surface area contributed by atoms with Gasteiger partial charge in [-0.2, -0.15) is 5.10 Å². The Labute approximate surface area is 195 Å². The van der Waals surface area contributed by atoms with Crippen molar-refractivity contribution in [1.82, 2.24) is 24.5 Å². The molecule has 0 saturated heterocycles. The van der Waals surface area contributed by atoms with Gasteiger partial charge in [-0.3, -0.25) is 9.48 Å². The van der Waals surface area contributed by atoms with E-state index in [4.69, 9.17) is 9.47 Å². The third kappa shape index (κ3) is 4.85. The third-order valence-corrected chi connectivity index (χ3v) is 5.98. The number of aryl methyl sites for hydroxylation is 1. The van der Waals surface area contributed by atoms with Crippen LogP contribution in [-0.2, 0) is 18.9 Å². The first-order valence-electron chi connectivity index (χ1n) is 10.1. The van der Waals surface area contributed by atoms with Crippen LogP contribution in [0, 0.1) is 0 Å². The Balaban J connectivity index is 1.52. The van der Waals surface area contributed by atoms with Crippen LogP contribution in [0.5, 0.6) is 11.5 Å². The zero-order valence-corrected chi connectivity index (χ0v) is 19.6. The van der Waals surface area contributed by atoms with Gasteiger partial charge in [-0.25, -0.2) is 0 Å². The molecule has 0 aliphatic carbocycles. The number of aromatic nitrogens is 5. The average Bonchev–Trinajstić information content (AvgIpc) is 3.40. The molecule has 0 saturated carbocycles. The van der Waals surface area contributed by atoms with Gasteiger partial charge in [-0.05, 0) is 24.3 Å². The number of amides is 1. The number of carbonyl (C=O) groups is 1. The number of carbonyl (C=O) groups excluding carboxylic acids is 1. The van der Waals surface area contributed by atoms with E-state index in [0.717, 1.165) is 22.6 Å². The molecule has 2 aromatic carbocycles. The molecular formula is C23H24N6O3S. The van der Waals surface area contributed by atoms with Crippen molar-refractivity contribution in [2.24, 2.45) is 14.1 Å². The molecule has 0 atom stereocenters. The lowest BCUT2D eigenvalue weighted by molar-refractivity contribution is -0.113. The maximum atomic E-state index is 12.5. The van der Waals surface area contributed by atoms with Gasteiger partial charge in [0.25, 0.3) is 0 Å². The number of rotatable bonds is 8. The zero-order valence-electron chi connectivity index (χ0n) is 18.8. The summed E-state index contributed by atoms with van der Waals surface area (Å²) in [7, 11) is 6.94. The van der Waals surface area contributed by atoms with E-state index in [9.17, 15) is 4.79 Å². The van der Waals surface area contributed by atoms with E-state index in [1.54, 1.807) is 31.0 Å². The predicted octanol–water partition coefficient (Wildman–Crippen LogP) is 3.63. The van der Waals surface area contributed by atoms with Crippen molar-refractivity contribution < 1.29 is 14.3 Å².